The number of carbonyl (C=O) groups excluding carboxylic acids is 1. The number of rotatable bonds is 4. The van der Waals surface area contributed by atoms with Crippen LogP contribution >= 0.6 is 11.5 Å². The normalized spacial score (nSPS) is 16.1. The minimum atomic E-state index is -0.0253. The lowest BCUT2D eigenvalue weighted by molar-refractivity contribution is 0.0686. The van der Waals surface area contributed by atoms with Gasteiger partial charge in [0.05, 0.1) is 6.26 Å². The zero-order valence-electron chi connectivity index (χ0n) is 11.9. The molecular weight excluding hydrogens is 288 g/mol. The van der Waals surface area contributed by atoms with E-state index in [-0.39, 0.29) is 5.91 Å². The highest BCUT2D eigenvalue weighted by atomic mass is 32.1. The van der Waals surface area contributed by atoms with Crippen LogP contribution in [0.15, 0.2) is 22.8 Å². The molecule has 0 saturated carbocycles. The third kappa shape index (κ3) is 3.24. The highest BCUT2D eigenvalue weighted by molar-refractivity contribution is 7.09. The highest BCUT2D eigenvalue weighted by Gasteiger charge is 2.25. The topological polar surface area (TPSA) is 71.3 Å². The second-order valence-corrected chi connectivity index (χ2v) is 5.81. The predicted molar refractivity (Wildman–Crippen MR) is 80.5 cm³/mol. The van der Waals surface area contributed by atoms with Gasteiger partial charge in [-0.15, -0.1) is 0 Å². The van der Waals surface area contributed by atoms with Crippen LogP contribution in [0.4, 0.5) is 5.13 Å². The van der Waals surface area contributed by atoms with Crippen LogP contribution in [0.3, 0.4) is 0 Å². The minimum absolute atomic E-state index is 0.0253. The van der Waals surface area contributed by atoms with Gasteiger partial charge in [0.2, 0.25) is 5.13 Å². The van der Waals surface area contributed by atoms with Crippen molar-refractivity contribution in [1.29, 1.82) is 0 Å². The first-order valence-corrected chi connectivity index (χ1v) is 7.95. The number of carbonyl (C=O) groups is 1. The molecule has 0 aromatic carbocycles. The molecule has 1 aliphatic heterocycles. The average molecular weight is 306 g/mol. The molecule has 0 spiro atoms. The number of anilines is 1. The number of furan rings is 1. The molecular formula is C14H18N4O2S. The standard InChI is InChI=1S/C14H18N4O2S/c1-2-12-16-14(21-17-12)15-10-5-7-18(8-6-10)13(19)11-4-3-9-20-11/h3-4,9-10H,2,5-8H2,1H3,(H,15,16,17). The molecule has 1 N–H and O–H groups in total. The Kier molecular flexibility index (Phi) is 4.19. The lowest BCUT2D eigenvalue weighted by atomic mass is 10.1. The zero-order valence-corrected chi connectivity index (χ0v) is 12.7. The predicted octanol–water partition coefficient (Wildman–Crippen LogP) is 2.41. The third-order valence-electron chi connectivity index (χ3n) is 3.63. The number of aromatic nitrogens is 2. The molecule has 3 heterocycles. The maximum absolute atomic E-state index is 12.2. The maximum Gasteiger partial charge on any atom is 0.289 e. The monoisotopic (exact) mass is 306 g/mol. The number of nitrogens with zero attached hydrogens (tertiary/aromatic N) is 3. The van der Waals surface area contributed by atoms with Gasteiger partial charge in [-0.2, -0.15) is 4.37 Å². The SMILES string of the molecule is CCc1nsc(NC2CCN(C(=O)c3ccco3)CC2)n1. The Hall–Kier alpha value is -1.89. The fourth-order valence-corrected chi connectivity index (χ4v) is 3.14. The molecule has 1 fully saturated rings. The Morgan fingerprint density at radius 3 is 2.95 bits per heavy atom. The summed E-state index contributed by atoms with van der Waals surface area (Å²) in [7, 11) is 0. The van der Waals surface area contributed by atoms with Gasteiger partial charge < -0.3 is 14.6 Å². The average Bonchev–Trinajstić information content (AvgIpc) is 3.19. The van der Waals surface area contributed by atoms with E-state index >= 15 is 0 Å². The number of likely N-dealkylation sites (tertiary alicyclic amines) is 1. The maximum atomic E-state index is 12.2. The van der Waals surface area contributed by atoms with E-state index in [9.17, 15) is 4.79 Å². The van der Waals surface area contributed by atoms with Gasteiger partial charge in [0.15, 0.2) is 5.76 Å². The summed E-state index contributed by atoms with van der Waals surface area (Å²) >= 11 is 1.41. The van der Waals surface area contributed by atoms with Crippen LogP contribution in [0, 0.1) is 0 Å². The van der Waals surface area contributed by atoms with Crippen molar-refractivity contribution >= 4 is 22.6 Å². The number of amides is 1. The fraction of sp³-hybridized carbons (Fsp3) is 0.500. The molecule has 7 heteroatoms. The fourth-order valence-electron chi connectivity index (χ4n) is 2.41. The van der Waals surface area contributed by atoms with Crippen molar-refractivity contribution in [2.24, 2.45) is 0 Å². The number of nitrogens with one attached hydrogen (secondary N) is 1. The van der Waals surface area contributed by atoms with E-state index in [2.05, 4.69) is 14.7 Å². The summed E-state index contributed by atoms with van der Waals surface area (Å²) in [6.07, 6.45) is 4.21. The van der Waals surface area contributed by atoms with E-state index in [1.165, 1.54) is 17.8 Å². The molecule has 3 rings (SSSR count). The van der Waals surface area contributed by atoms with Crippen LogP contribution in [0.25, 0.3) is 0 Å². The highest BCUT2D eigenvalue weighted by Crippen LogP contribution is 2.19. The summed E-state index contributed by atoms with van der Waals surface area (Å²) < 4.78 is 9.43. The van der Waals surface area contributed by atoms with Gasteiger partial charge in [-0.05, 0) is 25.0 Å². The van der Waals surface area contributed by atoms with Crippen molar-refractivity contribution in [3.05, 3.63) is 30.0 Å². The Morgan fingerprint density at radius 2 is 2.33 bits per heavy atom. The number of piperidine rings is 1. The zero-order chi connectivity index (χ0) is 14.7. The van der Waals surface area contributed by atoms with Crippen LogP contribution in [0.1, 0.15) is 36.1 Å². The summed E-state index contributed by atoms with van der Waals surface area (Å²) in [6, 6.07) is 3.80. The van der Waals surface area contributed by atoms with E-state index < -0.39 is 0 Å². The van der Waals surface area contributed by atoms with Crippen LogP contribution in [0.5, 0.6) is 0 Å². The largest absolute Gasteiger partial charge is 0.459 e. The van der Waals surface area contributed by atoms with Crippen molar-refractivity contribution < 1.29 is 9.21 Å². The van der Waals surface area contributed by atoms with Crippen LogP contribution in [-0.4, -0.2) is 39.3 Å². The molecule has 6 nitrogen and oxygen atoms in total. The van der Waals surface area contributed by atoms with Gasteiger partial charge in [0.1, 0.15) is 5.82 Å². The van der Waals surface area contributed by atoms with Crippen molar-refractivity contribution in [3.8, 4) is 0 Å². The lowest BCUT2D eigenvalue weighted by Crippen LogP contribution is -2.42. The second-order valence-electron chi connectivity index (χ2n) is 5.06. The molecule has 0 atom stereocenters. The van der Waals surface area contributed by atoms with E-state index in [4.69, 9.17) is 4.42 Å². The summed E-state index contributed by atoms with van der Waals surface area (Å²) in [4.78, 5) is 18.4. The number of aryl methyl sites for hydroxylation is 1. The molecule has 2 aromatic heterocycles. The molecule has 0 radical (unpaired) electrons. The molecule has 21 heavy (non-hydrogen) atoms. The molecule has 0 unspecified atom stereocenters. The first-order valence-electron chi connectivity index (χ1n) is 7.18. The first-order chi connectivity index (χ1) is 10.3. The smallest absolute Gasteiger partial charge is 0.289 e. The van der Waals surface area contributed by atoms with Gasteiger partial charge >= 0.3 is 0 Å². The Morgan fingerprint density at radius 1 is 1.52 bits per heavy atom. The van der Waals surface area contributed by atoms with Gasteiger partial charge in [-0.3, -0.25) is 4.79 Å². The lowest BCUT2D eigenvalue weighted by Gasteiger charge is -2.31. The first kappa shape index (κ1) is 14.1. The van der Waals surface area contributed by atoms with E-state index in [1.54, 1.807) is 12.1 Å². The van der Waals surface area contributed by atoms with Crippen molar-refractivity contribution in [1.82, 2.24) is 14.3 Å². The molecule has 0 aliphatic carbocycles. The molecule has 112 valence electrons. The van der Waals surface area contributed by atoms with E-state index in [0.29, 0.717) is 11.8 Å². The summed E-state index contributed by atoms with van der Waals surface area (Å²) in [5.41, 5.74) is 0. The molecule has 1 saturated heterocycles. The Labute approximate surface area is 127 Å². The summed E-state index contributed by atoms with van der Waals surface area (Å²) in [5.74, 6) is 1.27. The number of hydrogen-bond donors (Lipinski definition) is 1. The molecule has 0 bridgehead atoms. The molecule has 1 aliphatic rings. The van der Waals surface area contributed by atoms with Gasteiger partial charge in [-0.1, -0.05) is 6.92 Å². The van der Waals surface area contributed by atoms with Gasteiger partial charge in [-0.25, -0.2) is 4.98 Å². The van der Waals surface area contributed by atoms with Crippen LogP contribution in [0.2, 0.25) is 0 Å². The quantitative estimate of drug-likeness (QED) is 0.939. The minimum Gasteiger partial charge on any atom is -0.459 e. The van der Waals surface area contributed by atoms with Crippen LogP contribution < -0.4 is 5.32 Å². The molecule has 1 amide bonds. The summed E-state index contributed by atoms with van der Waals surface area (Å²) in [6.45, 7) is 3.51. The third-order valence-corrected chi connectivity index (χ3v) is 4.31. The van der Waals surface area contributed by atoms with E-state index in [0.717, 1.165) is 43.3 Å². The van der Waals surface area contributed by atoms with Gasteiger partial charge in [0, 0.05) is 37.1 Å². The van der Waals surface area contributed by atoms with Crippen molar-refractivity contribution in [2.75, 3.05) is 18.4 Å². The second kappa shape index (κ2) is 6.26. The van der Waals surface area contributed by atoms with Crippen LogP contribution in [-0.2, 0) is 6.42 Å². The summed E-state index contributed by atoms with van der Waals surface area (Å²) in [5, 5.41) is 4.29. The molecule has 2 aromatic rings. The van der Waals surface area contributed by atoms with Crippen molar-refractivity contribution in [3.63, 3.8) is 0 Å². The Bertz CT molecular complexity index is 588. The Balaban J connectivity index is 1.52. The van der Waals surface area contributed by atoms with Crippen molar-refractivity contribution in [2.45, 2.75) is 32.2 Å². The van der Waals surface area contributed by atoms with Gasteiger partial charge in [0.25, 0.3) is 5.91 Å². The van der Waals surface area contributed by atoms with E-state index in [1.807, 2.05) is 11.8 Å². The number of hydrogen-bond acceptors (Lipinski definition) is 6.